The molecular formula is C14H22FN3O2. The first kappa shape index (κ1) is 16.2. The average Bonchev–Trinajstić information content (AvgIpc) is 2.46. The van der Waals surface area contributed by atoms with Gasteiger partial charge in [0.2, 0.25) is 0 Å². The molecule has 0 spiro atoms. The van der Waals surface area contributed by atoms with E-state index in [1.165, 1.54) is 12.1 Å². The van der Waals surface area contributed by atoms with Gasteiger partial charge in [0.25, 0.3) is 0 Å². The van der Waals surface area contributed by atoms with Crippen LogP contribution < -0.4 is 15.4 Å². The van der Waals surface area contributed by atoms with Crippen LogP contribution in [-0.2, 0) is 4.74 Å². The first-order chi connectivity index (χ1) is 9.76. The summed E-state index contributed by atoms with van der Waals surface area (Å²) in [5.74, 6) is 0.935. The number of benzene rings is 1. The smallest absolute Gasteiger partial charge is 0.191 e. The van der Waals surface area contributed by atoms with Crippen molar-refractivity contribution in [1.29, 1.82) is 0 Å². The third-order valence-corrected chi connectivity index (χ3v) is 2.50. The van der Waals surface area contributed by atoms with Gasteiger partial charge in [-0.2, -0.15) is 0 Å². The van der Waals surface area contributed by atoms with Gasteiger partial charge < -0.3 is 20.1 Å². The van der Waals surface area contributed by atoms with Gasteiger partial charge in [0.15, 0.2) is 5.96 Å². The quantitative estimate of drug-likeness (QED) is 0.430. The van der Waals surface area contributed by atoms with E-state index in [4.69, 9.17) is 9.47 Å². The molecule has 1 aromatic carbocycles. The minimum absolute atomic E-state index is 0.300. The van der Waals surface area contributed by atoms with Gasteiger partial charge in [0, 0.05) is 33.4 Å². The van der Waals surface area contributed by atoms with Crippen LogP contribution in [-0.4, -0.2) is 46.4 Å². The van der Waals surface area contributed by atoms with Gasteiger partial charge in [-0.1, -0.05) is 6.07 Å². The van der Waals surface area contributed by atoms with Crippen molar-refractivity contribution in [3.05, 3.63) is 30.1 Å². The Kier molecular flexibility index (Phi) is 8.14. The van der Waals surface area contributed by atoms with Crippen molar-refractivity contribution in [3.63, 3.8) is 0 Å². The molecule has 0 aliphatic heterocycles. The van der Waals surface area contributed by atoms with Gasteiger partial charge in [-0.25, -0.2) is 4.39 Å². The molecule has 2 N–H and O–H groups in total. The van der Waals surface area contributed by atoms with Crippen LogP contribution >= 0.6 is 0 Å². The molecule has 0 radical (unpaired) electrons. The molecule has 1 aromatic rings. The van der Waals surface area contributed by atoms with E-state index in [1.54, 1.807) is 26.3 Å². The molecule has 112 valence electrons. The first-order valence-corrected chi connectivity index (χ1v) is 6.58. The summed E-state index contributed by atoms with van der Waals surface area (Å²) in [7, 11) is 3.38. The molecule has 0 aliphatic carbocycles. The van der Waals surface area contributed by atoms with E-state index < -0.39 is 0 Å². The molecule has 0 aliphatic rings. The Hall–Kier alpha value is -1.82. The lowest BCUT2D eigenvalue weighted by Gasteiger charge is -2.12. The number of hydrogen-bond acceptors (Lipinski definition) is 3. The lowest BCUT2D eigenvalue weighted by molar-refractivity contribution is 0.195. The molecule has 5 nitrogen and oxygen atoms in total. The average molecular weight is 283 g/mol. The Labute approximate surface area is 119 Å². The third-order valence-electron chi connectivity index (χ3n) is 2.50. The van der Waals surface area contributed by atoms with Crippen molar-refractivity contribution in [1.82, 2.24) is 10.6 Å². The number of ether oxygens (including phenoxy) is 2. The van der Waals surface area contributed by atoms with Crippen LogP contribution in [0.25, 0.3) is 0 Å². The number of nitrogens with one attached hydrogen (secondary N) is 2. The van der Waals surface area contributed by atoms with Crippen LogP contribution in [0, 0.1) is 5.82 Å². The van der Waals surface area contributed by atoms with E-state index in [-0.39, 0.29) is 5.82 Å². The summed E-state index contributed by atoms with van der Waals surface area (Å²) in [4.78, 5) is 4.08. The minimum Gasteiger partial charge on any atom is -0.492 e. The SMILES string of the molecule is CN=C(NCCCOC)NCCOc1cccc(F)c1. The van der Waals surface area contributed by atoms with Crippen molar-refractivity contribution in [3.8, 4) is 5.75 Å². The zero-order valence-corrected chi connectivity index (χ0v) is 12.0. The second kappa shape index (κ2) is 10.0. The van der Waals surface area contributed by atoms with Crippen molar-refractivity contribution in [2.75, 3.05) is 40.5 Å². The van der Waals surface area contributed by atoms with E-state index in [1.807, 2.05) is 0 Å². The summed E-state index contributed by atoms with van der Waals surface area (Å²) in [6.07, 6.45) is 0.914. The van der Waals surface area contributed by atoms with Crippen LogP contribution in [0.2, 0.25) is 0 Å². The monoisotopic (exact) mass is 283 g/mol. The summed E-state index contributed by atoms with van der Waals surface area (Å²) >= 11 is 0. The number of rotatable bonds is 8. The van der Waals surface area contributed by atoms with E-state index in [0.29, 0.717) is 31.5 Å². The van der Waals surface area contributed by atoms with Gasteiger partial charge in [-0.15, -0.1) is 0 Å². The number of halogens is 1. The lowest BCUT2D eigenvalue weighted by atomic mass is 10.3. The van der Waals surface area contributed by atoms with Crippen LogP contribution in [0.4, 0.5) is 4.39 Å². The Morgan fingerprint density at radius 2 is 2.05 bits per heavy atom. The van der Waals surface area contributed by atoms with E-state index in [9.17, 15) is 4.39 Å². The fraction of sp³-hybridized carbons (Fsp3) is 0.500. The molecule has 0 amide bonds. The van der Waals surface area contributed by atoms with Crippen molar-refractivity contribution in [2.24, 2.45) is 4.99 Å². The van der Waals surface area contributed by atoms with E-state index in [2.05, 4.69) is 15.6 Å². The Morgan fingerprint density at radius 3 is 2.75 bits per heavy atom. The van der Waals surface area contributed by atoms with E-state index >= 15 is 0 Å². The van der Waals surface area contributed by atoms with Crippen molar-refractivity contribution >= 4 is 5.96 Å². The molecule has 0 bridgehead atoms. The summed E-state index contributed by atoms with van der Waals surface area (Å²) in [5.41, 5.74) is 0. The standard InChI is InChI=1S/C14H22FN3O2/c1-16-14(17-7-4-9-19-2)18-8-10-20-13-6-3-5-12(15)11-13/h3,5-6,11H,4,7-10H2,1-2H3,(H2,16,17,18). The molecule has 0 aromatic heterocycles. The van der Waals surface area contributed by atoms with Crippen LogP contribution in [0.1, 0.15) is 6.42 Å². The molecule has 20 heavy (non-hydrogen) atoms. The topological polar surface area (TPSA) is 54.9 Å². The van der Waals surface area contributed by atoms with E-state index in [0.717, 1.165) is 13.0 Å². The number of aliphatic imine (C=N–C) groups is 1. The Morgan fingerprint density at radius 1 is 1.25 bits per heavy atom. The van der Waals surface area contributed by atoms with Crippen LogP contribution in [0.3, 0.4) is 0 Å². The molecule has 0 fully saturated rings. The van der Waals surface area contributed by atoms with Gasteiger partial charge in [0.05, 0.1) is 6.54 Å². The molecule has 0 saturated heterocycles. The fourth-order valence-electron chi connectivity index (χ4n) is 1.54. The van der Waals surface area contributed by atoms with Crippen molar-refractivity contribution in [2.45, 2.75) is 6.42 Å². The molecule has 6 heteroatoms. The zero-order chi connectivity index (χ0) is 14.6. The second-order valence-electron chi connectivity index (χ2n) is 4.08. The molecule has 0 heterocycles. The van der Waals surface area contributed by atoms with Gasteiger partial charge in [-0.05, 0) is 18.6 Å². The highest BCUT2D eigenvalue weighted by atomic mass is 19.1. The Bertz CT molecular complexity index is 413. The maximum atomic E-state index is 12.9. The summed E-state index contributed by atoms with van der Waals surface area (Å²) in [6.45, 7) is 2.52. The molecular weight excluding hydrogens is 261 g/mol. The van der Waals surface area contributed by atoms with Gasteiger partial charge in [-0.3, -0.25) is 4.99 Å². The molecule has 0 saturated carbocycles. The summed E-state index contributed by atoms with van der Waals surface area (Å²) in [5, 5.41) is 6.27. The first-order valence-electron chi connectivity index (χ1n) is 6.58. The second-order valence-corrected chi connectivity index (χ2v) is 4.08. The predicted molar refractivity (Wildman–Crippen MR) is 77.8 cm³/mol. The number of guanidine groups is 1. The fourth-order valence-corrected chi connectivity index (χ4v) is 1.54. The largest absolute Gasteiger partial charge is 0.492 e. The third kappa shape index (κ3) is 6.94. The minimum atomic E-state index is -0.300. The normalized spacial score (nSPS) is 11.2. The maximum Gasteiger partial charge on any atom is 0.191 e. The highest BCUT2D eigenvalue weighted by Crippen LogP contribution is 2.11. The Balaban J connectivity index is 2.15. The predicted octanol–water partition coefficient (Wildman–Crippen LogP) is 1.41. The van der Waals surface area contributed by atoms with Crippen molar-refractivity contribution < 1.29 is 13.9 Å². The number of methoxy groups -OCH3 is 1. The number of hydrogen-bond donors (Lipinski definition) is 2. The highest BCUT2D eigenvalue weighted by Gasteiger charge is 1.98. The molecule has 1 rings (SSSR count). The van der Waals surface area contributed by atoms with Gasteiger partial charge >= 0.3 is 0 Å². The highest BCUT2D eigenvalue weighted by molar-refractivity contribution is 5.79. The van der Waals surface area contributed by atoms with Crippen LogP contribution in [0.15, 0.2) is 29.3 Å². The molecule has 0 unspecified atom stereocenters. The van der Waals surface area contributed by atoms with Crippen LogP contribution in [0.5, 0.6) is 5.75 Å². The zero-order valence-electron chi connectivity index (χ0n) is 12.0. The number of nitrogens with zero attached hydrogens (tertiary/aromatic N) is 1. The molecule has 0 atom stereocenters. The summed E-state index contributed by atoms with van der Waals surface area (Å²) < 4.78 is 23.3. The lowest BCUT2D eigenvalue weighted by Crippen LogP contribution is -2.39. The van der Waals surface area contributed by atoms with Gasteiger partial charge in [0.1, 0.15) is 18.2 Å². The maximum absolute atomic E-state index is 12.9. The summed E-state index contributed by atoms with van der Waals surface area (Å²) in [6, 6.07) is 6.09.